The van der Waals surface area contributed by atoms with Crippen LogP contribution in [-0.4, -0.2) is 39.2 Å². The summed E-state index contributed by atoms with van der Waals surface area (Å²) in [5.74, 6) is 1.12. The van der Waals surface area contributed by atoms with E-state index in [-0.39, 0.29) is 41.8 Å². The van der Waals surface area contributed by atoms with Crippen LogP contribution in [0.15, 0.2) is 23.2 Å². The molecular formula is C22H35FIN3O3. The van der Waals surface area contributed by atoms with Crippen molar-refractivity contribution in [3.63, 3.8) is 0 Å². The van der Waals surface area contributed by atoms with E-state index < -0.39 is 0 Å². The molecule has 0 aromatic heterocycles. The monoisotopic (exact) mass is 535 g/mol. The average molecular weight is 535 g/mol. The summed E-state index contributed by atoms with van der Waals surface area (Å²) in [5.41, 5.74) is 0.840. The van der Waals surface area contributed by atoms with Crippen LogP contribution in [-0.2, 0) is 9.53 Å². The third kappa shape index (κ3) is 9.95. The quantitative estimate of drug-likeness (QED) is 0.135. The number of halogens is 2. The van der Waals surface area contributed by atoms with E-state index in [9.17, 15) is 9.18 Å². The van der Waals surface area contributed by atoms with Crippen molar-refractivity contribution in [1.82, 2.24) is 10.6 Å². The highest BCUT2D eigenvalue weighted by molar-refractivity contribution is 14.0. The lowest BCUT2D eigenvalue weighted by molar-refractivity contribution is -0.140. The van der Waals surface area contributed by atoms with Crippen molar-refractivity contribution in [2.24, 2.45) is 10.9 Å². The fourth-order valence-corrected chi connectivity index (χ4v) is 2.94. The molecule has 2 N–H and O–H groups in total. The Morgan fingerprint density at radius 1 is 1.27 bits per heavy atom. The molecule has 0 aliphatic heterocycles. The van der Waals surface area contributed by atoms with E-state index in [1.807, 2.05) is 13.0 Å². The van der Waals surface area contributed by atoms with Crippen LogP contribution < -0.4 is 15.4 Å². The molecule has 1 unspecified atom stereocenters. The molecule has 170 valence electrons. The van der Waals surface area contributed by atoms with Crippen LogP contribution in [0.25, 0.3) is 0 Å². The van der Waals surface area contributed by atoms with Crippen LogP contribution in [0.1, 0.15) is 63.5 Å². The number of carbonyl (C=O) groups excluding carboxylic acids is 1. The van der Waals surface area contributed by atoms with Crippen molar-refractivity contribution in [1.29, 1.82) is 0 Å². The summed E-state index contributed by atoms with van der Waals surface area (Å²) in [7, 11) is 3.13. The number of rotatable bonds is 12. The van der Waals surface area contributed by atoms with Gasteiger partial charge in [-0.2, -0.15) is 0 Å². The Labute approximate surface area is 196 Å². The molecule has 1 aromatic rings. The maximum Gasteiger partial charge on any atom is 0.305 e. The van der Waals surface area contributed by atoms with Gasteiger partial charge in [-0.25, -0.2) is 4.39 Å². The molecule has 1 saturated carbocycles. The van der Waals surface area contributed by atoms with Gasteiger partial charge in [0.1, 0.15) is 0 Å². The SMILES string of the molecule is CN=C(NCCCCCCC(=O)OC)NC(C)c1ccc(OCC2CC2)c(F)c1.I. The van der Waals surface area contributed by atoms with Crippen molar-refractivity contribution >= 4 is 35.9 Å². The van der Waals surface area contributed by atoms with E-state index in [1.54, 1.807) is 13.1 Å². The highest BCUT2D eigenvalue weighted by Crippen LogP contribution is 2.30. The van der Waals surface area contributed by atoms with Crippen molar-refractivity contribution in [3.8, 4) is 5.75 Å². The number of guanidine groups is 1. The molecule has 2 rings (SSSR count). The van der Waals surface area contributed by atoms with Gasteiger partial charge >= 0.3 is 5.97 Å². The summed E-state index contributed by atoms with van der Waals surface area (Å²) in [6.45, 7) is 3.36. The van der Waals surface area contributed by atoms with Gasteiger partial charge in [0.2, 0.25) is 0 Å². The second-order valence-electron chi connectivity index (χ2n) is 7.55. The van der Waals surface area contributed by atoms with Crippen molar-refractivity contribution in [2.75, 3.05) is 27.3 Å². The number of unbranched alkanes of at least 4 members (excludes halogenated alkanes) is 3. The zero-order valence-corrected chi connectivity index (χ0v) is 20.5. The molecule has 6 nitrogen and oxygen atoms in total. The molecule has 1 fully saturated rings. The second kappa shape index (κ2) is 14.4. The Morgan fingerprint density at radius 2 is 2.00 bits per heavy atom. The Hall–Kier alpha value is -1.58. The first-order valence-electron chi connectivity index (χ1n) is 10.5. The summed E-state index contributed by atoms with van der Waals surface area (Å²) >= 11 is 0. The number of methoxy groups -OCH3 is 1. The van der Waals surface area contributed by atoms with E-state index in [4.69, 9.17) is 4.74 Å². The van der Waals surface area contributed by atoms with Crippen LogP contribution in [0.2, 0.25) is 0 Å². The first kappa shape index (κ1) is 26.5. The first-order valence-corrected chi connectivity index (χ1v) is 10.5. The number of hydrogen-bond donors (Lipinski definition) is 2. The average Bonchev–Trinajstić information content (AvgIpc) is 3.55. The van der Waals surface area contributed by atoms with Gasteiger partial charge in [-0.05, 0) is 56.2 Å². The molecule has 1 aliphatic carbocycles. The van der Waals surface area contributed by atoms with E-state index in [2.05, 4.69) is 20.4 Å². The smallest absolute Gasteiger partial charge is 0.305 e. The predicted octanol–water partition coefficient (Wildman–Crippen LogP) is 4.58. The lowest BCUT2D eigenvalue weighted by Gasteiger charge is -2.19. The molecule has 0 radical (unpaired) electrons. The maximum absolute atomic E-state index is 14.3. The minimum absolute atomic E-state index is 0. The molecule has 0 amide bonds. The van der Waals surface area contributed by atoms with Gasteiger partial charge in [0.25, 0.3) is 0 Å². The maximum atomic E-state index is 14.3. The van der Waals surface area contributed by atoms with Gasteiger partial charge in [0.05, 0.1) is 19.8 Å². The number of carbonyl (C=O) groups is 1. The van der Waals surface area contributed by atoms with E-state index in [1.165, 1.54) is 26.0 Å². The molecule has 0 bridgehead atoms. The molecule has 0 spiro atoms. The zero-order valence-electron chi connectivity index (χ0n) is 18.2. The van der Waals surface area contributed by atoms with Gasteiger partial charge in [-0.1, -0.05) is 18.9 Å². The van der Waals surface area contributed by atoms with Crippen LogP contribution in [0.4, 0.5) is 4.39 Å². The van der Waals surface area contributed by atoms with Gasteiger partial charge in [0, 0.05) is 20.0 Å². The third-order valence-electron chi connectivity index (χ3n) is 5.03. The van der Waals surface area contributed by atoms with Crippen molar-refractivity contribution in [3.05, 3.63) is 29.6 Å². The molecule has 30 heavy (non-hydrogen) atoms. The van der Waals surface area contributed by atoms with Gasteiger partial charge in [0.15, 0.2) is 17.5 Å². The standard InChI is InChI=1S/C22H34FN3O3.HI/c1-16(18-11-12-20(19(23)14-18)29-15-17-9-10-17)26-22(24-2)25-13-7-5-4-6-8-21(27)28-3;/h11-12,14,16-17H,4-10,13,15H2,1-3H3,(H2,24,25,26);1H. The van der Waals surface area contributed by atoms with Crippen LogP contribution in [0, 0.1) is 11.7 Å². The minimum Gasteiger partial charge on any atom is -0.490 e. The van der Waals surface area contributed by atoms with E-state index in [0.29, 0.717) is 30.7 Å². The number of nitrogens with zero attached hydrogens (tertiary/aromatic N) is 1. The minimum atomic E-state index is -0.327. The molecule has 1 aromatic carbocycles. The molecule has 8 heteroatoms. The molecule has 0 heterocycles. The van der Waals surface area contributed by atoms with Crippen LogP contribution in [0.5, 0.6) is 5.75 Å². The normalized spacial score (nSPS) is 14.5. The van der Waals surface area contributed by atoms with Gasteiger partial charge in [-0.15, -0.1) is 24.0 Å². The summed E-state index contributed by atoms with van der Waals surface area (Å²) in [4.78, 5) is 15.3. The summed E-state index contributed by atoms with van der Waals surface area (Å²) in [5, 5.41) is 6.56. The number of benzene rings is 1. The Kier molecular flexibility index (Phi) is 12.7. The predicted molar refractivity (Wildman–Crippen MR) is 128 cm³/mol. The van der Waals surface area contributed by atoms with Crippen LogP contribution >= 0.6 is 24.0 Å². The lowest BCUT2D eigenvalue weighted by atomic mass is 10.1. The number of aliphatic imine (C=N–C) groups is 1. The zero-order chi connectivity index (χ0) is 21.1. The second-order valence-corrected chi connectivity index (χ2v) is 7.55. The van der Waals surface area contributed by atoms with Crippen molar-refractivity contribution in [2.45, 2.75) is 57.9 Å². The number of esters is 1. The Bertz CT molecular complexity index is 684. The van der Waals surface area contributed by atoms with Gasteiger partial charge < -0.3 is 20.1 Å². The van der Waals surface area contributed by atoms with Crippen LogP contribution in [0.3, 0.4) is 0 Å². The molecular weight excluding hydrogens is 500 g/mol. The lowest BCUT2D eigenvalue weighted by Crippen LogP contribution is -2.39. The van der Waals surface area contributed by atoms with E-state index in [0.717, 1.165) is 37.8 Å². The van der Waals surface area contributed by atoms with Crippen molar-refractivity contribution < 1.29 is 18.7 Å². The van der Waals surface area contributed by atoms with E-state index >= 15 is 0 Å². The molecule has 1 aliphatic rings. The highest BCUT2D eigenvalue weighted by Gasteiger charge is 2.22. The summed E-state index contributed by atoms with van der Waals surface area (Å²) < 4.78 is 24.5. The third-order valence-corrected chi connectivity index (χ3v) is 5.03. The fourth-order valence-electron chi connectivity index (χ4n) is 2.94. The first-order chi connectivity index (χ1) is 14.0. The number of hydrogen-bond acceptors (Lipinski definition) is 4. The summed E-state index contributed by atoms with van der Waals surface area (Å²) in [6.07, 6.45) is 6.70. The topological polar surface area (TPSA) is 72.0 Å². The Balaban J connectivity index is 0.00000450. The Morgan fingerprint density at radius 3 is 2.63 bits per heavy atom. The highest BCUT2D eigenvalue weighted by atomic mass is 127. The number of ether oxygens (including phenoxy) is 2. The summed E-state index contributed by atoms with van der Waals surface area (Å²) in [6, 6.07) is 5.02. The number of nitrogens with one attached hydrogen (secondary N) is 2. The van der Waals surface area contributed by atoms with Gasteiger partial charge in [-0.3, -0.25) is 9.79 Å². The molecule has 1 atom stereocenters. The fraction of sp³-hybridized carbons (Fsp3) is 0.636. The largest absolute Gasteiger partial charge is 0.490 e. The molecule has 0 saturated heterocycles.